The van der Waals surface area contributed by atoms with Crippen LogP contribution in [0.25, 0.3) is 0 Å². The predicted molar refractivity (Wildman–Crippen MR) is 83.0 cm³/mol. The van der Waals surface area contributed by atoms with Crippen molar-refractivity contribution in [3.8, 4) is 0 Å². The van der Waals surface area contributed by atoms with E-state index in [1.54, 1.807) is 11.0 Å². The lowest BCUT2D eigenvalue weighted by atomic mass is 9.90. The van der Waals surface area contributed by atoms with Gasteiger partial charge in [0.05, 0.1) is 5.56 Å². The zero-order chi connectivity index (χ0) is 15.4. The summed E-state index contributed by atoms with van der Waals surface area (Å²) >= 11 is 5.75. The summed E-state index contributed by atoms with van der Waals surface area (Å²) in [5, 5.41) is 0.301. The maximum atomic E-state index is 14.0. The Morgan fingerprint density at radius 1 is 1.38 bits per heavy atom. The lowest BCUT2D eigenvalue weighted by Gasteiger charge is -2.36. The van der Waals surface area contributed by atoms with Crippen molar-refractivity contribution in [2.45, 2.75) is 51.1 Å². The van der Waals surface area contributed by atoms with E-state index in [1.807, 2.05) is 6.92 Å². The molecular formula is C16H22ClFN2O. The van der Waals surface area contributed by atoms with Gasteiger partial charge in [0.15, 0.2) is 0 Å². The SMILES string of the molecule is CCCN(C(=O)c1ccc(Cl)cc1F)C1CCC(N)CC1. The highest BCUT2D eigenvalue weighted by atomic mass is 35.5. The molecule has 21 heavy (non-hydrogen) atoms. The average Bonchev–Trinajstić information content (AvgIpc) is 2.45. The van der Waals surface area contributed by atoms with Crippen LogP contribution in [0.3, 0.4) is 0 Å². The van der Waals surface area contributed by atoms with Crippen molar-refractivity contribution < 1.29 is 9.18 Å². The van der Waals surface area contributed by atoms with Crippen LogP contribution in [0.2, 0.25) is 5.02 Å². The fourth-order valence-electron chi connectivity index (χ4n) is 2.92. The van der Waals surface area contributed by atoms with Gasteiger partial charge >= 0.3 is 0 Å². The standard InChI is InChI=1S/C16H22ClFN2O/c1-2-9-20(13-6-4-12(19)5-7-13)16(21)14-8-3-11(17)10-15(14)18/h3,8,10,12-13H,2,4-7,9,19H2,1H3. The molecule has 1 fully saturated rings. The molecule has 0 spiro atoms. The third kappa shape index (κ3) is 3.95. The summed E-state index contributed by atoms with van der Waals surface area (Å²) in [7, 11) is 0. The highest BCUT2D eigenvalue weighted by Gasteiger charge is 2.29. The van der Waals surface area contributed by atoms with Gasteiger partial charge in [-0.2, -0.15) is 0 Å². The van der Waals surface area contributed by atoms with E-state index in [0.717, 1.165) is 32.1 Å². The van der Waals surface area contributed by atoms with Gasteiger partial charge in [0.25, 0.3) is 5.91 Å². The topological polar surface area (TPSA) is 46.3 Å². The number of carbonyl (C=O) groups is 1. The first kappa shape index (κ1) is 16.2. The molecule has 1 saturated carbocycles. The lowest BCUT2D eigenvalue weighted by molar-refractivity contribution is 0.0622. The number of rotatable bonds is 4. The summed E-state index contributed by atoms with van der Waals surface area (Å²) in [4.78, 5) is 14.5. The normalized spacial score (nSPS) is 22.1. The number of carbonyl (C=O) groups excluding carboxylic acids is 1. The molecule has 1 aromatic carbocycles. The Morgan fingerprint density at radius 2 is 2.05 bits per heavy atom. The van der Waals surface area contributed by atoms with E-state index in [0.29, 0.717) is 11.6 Å². The molecule has 1 amide bonds. The van der Waals surface area contributed by atoms with Crippen LogP contribution >= 0.6 is 11.6 Å². The van der Waals surface area contributed by atoms with Crippen LogP contribution in [0.5, 0.6) is 0 Å². The minimum absolute atomic E-state index is 0.0997. The fourth-order valence-corrected chi connectivity index (χ4v) is 3.08. The summed E-state index contributed by atoms with van der Waals surface area (Å²) in [6.07, 6.45) is 4.47. The third-order valence-corrected chi connectivity index (χ3v) is 4.30. The van der Waals surface area contributed by atoms with Gasteiger partial charge in [-0.15, -0.1) is 0 Å². The van der Waals surface area contributed by atoms with Crippen LogP contribution in [-0.2, 0) is 0 Å². The summed E-state index contributed by atoms with van der Waals surface area (Å²) in [5.41, 5.74) is 6.02. The minimum atomic E-state index is -0.555. The second kappa shape index (κ2) is 7.23. The molecule has 0 saturated heterocycles. The van der Waals surface area contributed by atoms with E-state index < -0.39 is 5.82 Å². The molecule has 0 heterocycles. The molecule has 0 bridgehead atoms. The number of amides is 1. The van der Waals surface area contributed by atoms with E-state index in [9.17, 15) is 9.18 Å². The molecule has 1 aromatic rings. The first-order valence-electron chi connectivity index (χ1n) is 7.54. The molecule has 0 radical (unpaired) electrons. The second-order valence-electron chi connectivity index (χ2n) is 5.69. The molecule has 0 atom stereocenters. The fraction of sp³-hybridized carbons (Fsp3) is 0.562. The summed E-state index contributed by atoms with van der Waals surface area (Å²) in [5.74, 6) is -0.799. The quantitative estimate of drug-likeness (QED) is 0.923. The van der Waals surface area contributed by atoms with Gasteiger partial charge in [-0.1, -0.05) is 18.5 Å². The van der Waals surface area contributed by atoms with E-state index in [1.165, 1.54) is 12.1 Å². The Kier molecular flexibility index (Phi) is 5.59. The van der Waals surface area contributed by atoms with Crippen LogP contribution in [0, 0.1) is 5.82 Å². The van der Waals surface area contributed by atoms with Crippen molar-refractivity contribution in [1.29, 1.82) is 0 Å². The Morgan fingerprint density at radius 3 is 2.62 bits per heavy atom. The molecule has 0 aliphatic heterocycles. The van der Waals surface area contributed by atoms with Crippen molar-refractivity contribution >= 4 is 17.5 Å². The van der Waals surface area contributed by atoms with Crippen LogP contribution in [0.1, 0.15) is 49.4 Å². The maximum Gasteiger partial charge on any atom is 0.257 e. The Hall–Kier alpha value is -1.13. The number of benzene rings is 1. The average molecular weight is 313 g/mol. The van der Waals surface area contributed by atoms with Crippen molar-refractivity contribution in [1.82, 2.24) is 4.90 Å². The summed E-state index contributed by atoms with van der Waals surface area (Å²) < 4.78 is 14.0. The van der Waals surface area contributed by atoms with Crippen LogP contribution in [-0.4, -0.2) is 29.4 Å². The van der Waals surface area contributed by atoms with Crippen LogP contribution in [0.4, 0.5) is 4.39 Å². The lowest BCUT2D eigenvalue weighted by Crippen LogP contribution is -2.44. The van der Waals surface area contributed by atoms with Crippen LogP contribution < -0.4 is 5.73 Å². The van der Waals surface area contributed by atoms with E-state index in [2.05, 4.69) is 0 Å². The smallest absolute Gasteiger partial charge is 0.257 e. The van der Waals surface area contributed by atoms with Gasteiger partial charge < -0.3 is 10.6 Å². The summed E-state index contributed by atoms with van der Waals surface area (Å²) in [6.45, 7) is 2.66. The number of hydrogen-bond donors (Lipinski definition) is 1. The molecule has 5 heteroatoms. The van der Waals surface area contributed by atoms with E-state index in [-0.39, 0.29) is 23.6 Å². The molecular weight excluding hydrogens is 291 g/mol. The monoisotopic (exact) mass is 312 g/mol. The highest BCUT2D eigenvalue weighted by molar-refractivity contribution is 6.30. The highest BCUT2D eigenvalue weighted by Crippen LogP contribution is 2.25. The van der Waals surface area contributed by atoms with Gasteiger partial charge in [-0.25, -0.2) is 4.39 Å². The molecule has 0 unspecified atom stereocenters. The summed E-state index contributed by atoms with van der Waals surface area (Å²) in [6, 6.07) is 4.60. The van der Waals surface area contributed by atoms with Crippen molar-refractivity contribution in [3.05, 3.63) is 34.6 Å². The third-order valence-electron chi connectivity index (χ3n) is 4.07. The number of nitrogens with zero attached hydrogens (tertiary/aromatic N) is 1. The van der Waals surface area contributed by atoms with E-state index in [4.69, 9.17) is 17.3 Å². The van der Waals surface area contributed by atoms with Gasteiger partial charge in [-0.3, -0.25) is 4.79 Å². The van der Waals surface area contributed by atoms with Crippen molar-refractivity contribution in [2.24, 2.45) is 5.73 Å². The Bertz CT molecular complexity index is 501. The molecule has 1 aliphatic carbocycles. The Balaban J connectivity index is 2.18. The first-order valence-corrected chi connectivity index (χ1v) is 7.92. The molecule has 1 aliphatic rings. The zero-order valence-electron chi connectivity index (χ0n) is 12.3. The van der Waals surface area contributed by atoms with Crippen molar-refractivity contribution in [3.63, 3.8) is 0 Å². The number of nitrogens with two attached hydrogens (primary N) is 1. The van der Waals surface area contributed by atoms with Gasteiger partial charge in [0.1, 0.15) is 5.82 Å². The molecule has 3 nitrogen and oxygen atoms in total. The molecule has 2 rings (SSSR count). The zero-order valence-corrected chi connectivity index (χ0v) is 13.1. The molecule has 116 valence electrons. The van der Waals surface area contributed by atoms with Gasteiger partial charge in [-0.05, 0) is 50.3 Å². The van der Waals surface area contributed by atoms with E-state index >= 15 is 0 Å². The van der Waals surface area contributed by atoms with Gasteiger partial charge in [0.2, 0.25) is 0 Å². The van der Waals surface area contributed by atoms with Crippen LogP contribution in [0.15, 0.2) is 18.2 Å². The first-order chi connectivity index (χ1) is 10.0. The number of halogens is 2. The maximum absolute atomic E-state index is 14.0. The molecule has 2 N–H and O–H groups in total. The minimum Gasteiger partial charge on any atom is -0.336 e. The largest absolute Gasteiger partial charge is 0.336 e. The Labute approximate surface area is 130 Å². The van der Waals surface area contributed by atoms with Gasteiger partial charge in [0, 0.05) is 23.7 Å². The van der Waals surface area contributed by atoms with Crippen molar-refractivity contribution in [2.75, 3.05) is 6.54 Å². The second-order valence-corrected chi connectivity index (χ2v) is 6.13. The number of hydrogen-bond acceptors (Lipinski definition) is 2. The predicted octanol–water partition coefficient (Wildman–Crippen LogP) is 3.60. The molecule has 0 aromatic heterocycles.